The summed E-state index contributed by atoms with van der Waals surface area (Å²) in [5, 5.41) is 8.46. The number of nitrogens with one attached hydrogen (secondary N) is 1. The van der Waals surface area contributed by atoms with Crippen molar-refractivity contribution in [3.8, 4) is 11.3 Å². The third kappa shape index (κ3) is 2.18. The van der Waals surface area contributed by atoms with Gasteiger partial charge in [-0.2, -0.15) is 5.10 Å². The lowest BCUT2D eigenvalue weighted by Gasteiger charge is -2.17. The molecule has 2 aromatic rings. The first kappa shape index (κ1) is 10.2. The van der Waals surface area contributed by atoms with Gasteiger partial charge in [-0.1, -0.05) is 49.1 Å². The summed E-state index contributed by atoms with van der Waals surface area (Å²) in [4.78, 5) is 0. The zero-order valence-electron chi connectivity index (χ0n) is 9.41. The highest BCUT2D eigenvalue weighted by Gasteiger charge is 2.16. The van der Waals surface area contributed by atoms with Gasteiger partial charge in [0.15, 0.2) is 0 Å². The molecule has 0 amide bonds. The Morgan fingerprint density at radius 2 is 1.93 bits per heavy atom. The Kier molecular flexibility index (Phi) is 2.48. The number of rotatable bonds is 2. The predicted molar refractivity (Wildman–Crippen MR) is 67.0 cm³/mol. The molecular formula is C12H16N2Si. The molecule has 0 aliphatic heterocycles. The fraction of sp³-hybridized carbons (Fsp3) is 0.250. The van der Waals surface area contributed by atoms with E-state index in [1.165, 1.54) is 10.8 Å². The van der Waals surface area contributed by atoms with Crippen LogP contribution in [0.25, 0.3) is 11.3 Å². The van der Waals surface area contributed by atoms with Crippen LogP contribution >= 0.6 is 0 Å². The van der Waals surface area contributed by atoms with E-state index in [1.807, 2.05) is 6.07 Å². The Labute approximate surface area is 91.4 Å². The van der Waals surface area contributed by atoms with E-state index in [-0.39, 0.29) is 0 Å². The summed E-state index contributed by atoms with van der Waals surface area (Å²) in [7, 11) is -1.21. The van der Waals surface area contributed by atoms with Crippen LogP contribution in [0.3, 0.4) is 0 Å². The number of hydrogen-bond acceptors (Lipinski definition) is 1. The van der Waals surface area contributed by atoms with Gasteiger partial charge in [0.1, 0.15) is 0 Å². The van der Waals surface area contributed by atoms with Crippen LogP contribution in [0.15, 0.2) is 36.5 Å². The van der Waals surface area contributed by atoms with E-state index in [4.69, 9.17) is 0 Å². The zero-order chi connectivity index (χ0) is 10.9. The van der Waals surface area contributed by atoms with Crippen LogP contribution in [0.4, 0.5) is 0 Å². The third-order valence-corrected chi connectivity index (χ3v) is 4.58. The summed E-state index contributed by atoms with van der Waals surface area (Å²) in [6, 6.07) is 10.8. The van der Waals surface area contributed by atoms with Crippen LogP contribution < -0.4 is 5.19 Å². The molecule has 0 saturated carbocycles. The second kappa shape index (κ2) is 3.66. The lowest BCUT2D eigenvalue weighted by atomic mass is 10.2. The molecule has 2 nitrogen and oxygen atoms in total. The van der Waals surface area contributed by atoms with E-state index in [1.54, 1.807) is 6.20 Å². The number of aromatic nitrogens is 2. The Balaban J connectivity index is 2.44. The third-order valence-electron chi connectivity index (χ3n) is 2.54. The molecule has 0 atom stereocenters. The van der Waals surface area contributed by atoms with E-state index in [0.717, 1.165) is 5.69 Å². The molecule has 1 heterocycles. The molecule has 78 valence electrons. The highest BCUT2D eigenvalue weighted by atomic mass is 28.3. The molecular weight excluding hydrogens is 200 g/mol. The van der Waals surface area contributed by atoms with Gasteiger partial charge in [0.25, 0.3) is 0 Å². The lowest BCUT2D eigenvalue weighted by molar-refractivity contribution is 1.10. The van der Waals surface area contributed by atoms with Crippen molar-refractivity contribution in [1.29, 1.82) is 0 Å². The molecule has 0 unspecified atom stereocenters. The van der Waals surface area contributed by atoms with E-state index in [0.29, 0.717) is 0 Å². The molecule has 1 N–H and O–H groups in total. The van der Waals surface area contributed by atoms with Crippen LogP contribution in [0, 0.1) is 0 Å². The molecule has 2 rings (SSSR count). The molecule has 0 saturated heterocycles. The van der Waals surface area contributed by atoms with Crippen LogP contribution in [0.2, 0.25) is 19.6 Å². The summed E-state index contributed by atoms with van der Waals surface area (Å²) >= 11 is 0. The van der Waals surface area contributed by atoms with Crippen molar-refractivity contribution in [2.45, 2.75) is 19.6 Å². The molecule has 1 aromatic carbocycles. The average molecular weight is 216 g/mol. The molecule has 0 aliphatic carbocycles. The van der Waals surface area contributed by atoms with E-state index < -0.39 is 8.07 Å². The van der Waals surface area contributed by atoms with Crippen molar-refractivity contribution in [2.24, 2.45) is 0 Å². The van der Waals surface area contributed by atoms with Crippen LogP contribution in [0.1, 0.15) is 0 Å². The standard InChI is InChI=1S/C12H16N2Si/c1-15(2,3)11-6-4-5-10(9-11)12-7-8-13-14-12/h4-9H,1-3H3,(H,13,14). The van der Waals surface area contributed by atoms with Gasteiger partial charge in [0.05, 0.1) is 13.8 Å². The van der Waals surface area contributed by atoms with Crippen molar-refractivity contribution in [1.82, 2.24) is 10.2 Å². The smallest absolute Gasteiger partial charge is 0.0776 e. The molecule has 0 bridgehead atoms. The van der Waals surface area contributed by atoms with Crippen molar-refractivity contribution in [3.05, 3.63) is 36.5 Å². The summed E-state index contributed by atoms with van der Waals surface area (Å²) in [6.07, 6.45) is 1.79. The first-order chi connectivity index (χ1) is 7.07. The Morgan fingerprint density at radius 3 is 2.53 bits per heavy atom. The first-order valence-corrected chi connectivity index (χ1v) is 8.68. The van der Waals surface area contributed by atoms with Gasteiger partial charge in [-0.25, -0.2) is 0 Å². The van der Waals surface area contributed by atoms with Gasteiger partial charge in [0, 0.05) is 6.20 Å². The lowest BCUT2D eigenvalue weighted by Crippen LogP contribution is -2.37. The first-order valence-electron chi connectivity index (χ1n) is 5.18. The summed E-state index contributed by atoms with van der Waals surface area (Å²) in [6.45, 7) is 7.08. The maximum atomic E-state index is 3.98. The minimum atomic E-state index is -1.21. The summed E-state index contributed by atoms with van der Waals surface area (Å²) in [5.41, 5.74) is 2.32. The fourth-order valence-corrected chi connectivity index (χ4v) is 2.75. The van der Waals surface area contributed by atoms with Gasteiger partial charge in [-0.05, 0) is 11.6 Å². The zero-order valence-corrected chi connectivity index (χ0v) is 10.4. The number of nitrogens with zero attached hydrogens (tertiary/aromatic N) is 1. The second-order valence-electron chi connectivity index (χ2n) is 4.80. The van der Waals surface area contributed by atoms with E-state index >= 15 is 0 Å². The molecule has 0 spiro atoms. The topological polar surface area (TPSA) is 28.7 Å². The molecule has 0 radical (unpaired) electrons. The average Bonchev–Trinajstić information content (AvgIpc) is 2.69. The van der Waals surface area contributed by atoms with Gasteiger partial charge in [-0.3, -0.25) is 5.10 Å². The van der Waals surface area contributed by atoms with Crippen molar-refractivity contribution in [3.63, 3.8) is 0 Å². The monoisotopic (exact) mass is 216 g/mol. The number of hydrogen-bond donors (Lipinski definition) is 1. The Morgan fingerprint density at radius 1 is 1.13 bits per heavy atom. The van der Waals surface area contributed by atoms with E-state index in [2.05, 4.69) is 54.1 Å². The highest BCUT2D eigenvalue weighted by Crippen LogP contribution is 2.15. The fourth-order valence-electron chi connectivity index (χ4n) is 1.57. The summed E-state index contributed by atoms with van der Waals surface area (Å²) in [5.74, 6) is 0. The maximum absolute atomic E-state index is 3.98. The Bertz CT molecular complexity index is 441. The molecule has 1 aromatic heterocycles. The van der Waals surface area contributed by atoms with Crippen molar-refractivity contribution < 1.29 is 0 Å². The number of aromatic amines is 1. The minimum Gasteiger partial charge on any atom is -0.278 e. The summed E-state index contributed by atoms with van der Waals surface area (Å²) < 4.78 is 0. The Hall–Kier alpha value is -1.35. The van der Waals surface area contributed by atoms with Crippen LogP contribution in [0.5, 0.6) is 0 Å². The number of H-pyrrole nitrogens is 1. The number of benzene rings is 1. The van der Waals surface area contributed by atoms with Gasteiger partial charge in [0.2, 0.25) is 0 Å². The van der Waals surface area contributed by atoms with Crippen molar-refractivity contribution >= 4 is 13.3 Å². The quantitative estimate of drug-likeness (QED) is 0.768. The van der Waals surface area contributed by atoms with E-state index in [9.17, 15) is 0 Å². The largest absolute Gasteiger partial charge is 0.278 e. The molecule has 0 aliphatic rings. The van der Waals surface area contributed by atoms with Gasteiger partial charge in [-0.15, -0.1) is 0 Å². The minimum absolute atomic E-state index is 1.09. The molecule has 3 heteroatoms. The predicted octanol–water partition coefficient (Wildman–Crippen LogP) is 2.62. The second-order valence-corrected chi connectivity index (χ2v) is 9.88. The maximum Gasteiger partial charge on any atom is 0.0776 e. The van der Waals surface area contributed by atoms with Crippen LogP contribution in [-0.4, -0.2) is 18.3 Å². The van der Waals surface area contributed by atoms with Gasteiger partial charge < -0.3 is 0 Å². The SMILES string of the molecule is C[Si](C)(C)c1cccc(-c2ccn[nH]2)c1. The van der Waals surface area contributed by atoms with Gasteiger partial charge >= 0.3 is 0 Å². The highest BCUT2D eigenvalue weighted by molar-refractivity contribution is 6.88. The molecule has 15 heavy (non-hydrogen) atoms. The molecule has 0 fully saturated rings. The van der Waals surface area contributed by atoms with Crippen molar-refractivity contribution in [2.75, 3.05) is 0 Å². The van der Waals surface area contributed by atoms with Crippen LogP contribution in [-0.2, 0) is 0 Å². The normalized spacial score (nSPS) is 11.7.